The molecule has 3 rings (SSSR count). The lowest BCUT2D eigenvalue weighted by Gasteiger charge is -2.10. The summed E-state index contributed by atoms with van der Waals surface area (Å²) in [7, 11) is 1.67. The maximum absolute atomic E-state index is 6.30. The molecule has 0 spiro atoms. The predicted octanol–water partition coefficient (Wildman–Crippen LogP) is 2.37. The zero-order valence-corrected chi connectivity index (χ0v) is 11.9. The van der Waals surface area contributed by atoms with Crippen LogP contribution in [0.25, 0.3) is 5.52 Å². The first-order chi connectivity index (χ1) is 10.3. The lowest BCUT2D eigenvalue weighted by Crippen LogP contribution is -2.11. The van der Waals surface area contributed by atoms with Crippen molar-refractivity contribution in [1.29, 1.82) is 0 Å². The fourth-order valence-electron chi connectivity index (χ4n) is 2.41. The number of hydrogen-bond donors (Lipinski definition) is 1. The van der Waals surface area contributed by atoms with Gasteiger partial charge in [-0.15, -0.1) is 0 Å². The quantitative estimate of drug-likeness (QED) is 0.780. The minimum atomic E-state index is -0.0474. The van der Waals surface area contributed by atoms with Crippen LogP contribution in [0.1, 0.15) is 23.6 Å². The summed E-state index contributed by atoms with van der Waals surface area (Å²) >= 11 is 0. The van der Waals surface area contributed by atoms with Crippen molar-refractivity contribution in [1.82, 2.24) is 14.6 Å². The number of methoxy groups -OCH3 is 1. The Kier molecular flexibility index (Phi) is 3.83. The lowest BCUT2D eigenvalue weighted by molar-refractivity contribution is 0.414. The van der Waals surface area contributed by atoms with Crippen LogP contribution in [-0.2, 0) is 6.42 Å². The second kappa shape index (κ2) is 5.93. The zero-order valence-electron chi connectivity index (χ0n) is 11.9. The normalized spacial score (nSPS) is 12.5. The average molecular weight is 282 g/mol. The van der Waals surface area contributed by atoms with Crippen LogP contribution in [0.2, 0.25) is 0 Å². The van der Waals surface area contributed by atoms with Gasteiger partial charge in [0.2, 0.25) is 0 Å². The molecule has 0 amide bonds. The van der Waals surface area contributed by atoms with Crippen molar-refractivity contribution in [3.8, 4) is 5.75 Å². The van der Waals surface area contributed by atoms with Crippen molar-refractivity contribution in [2.24, 2.45) is 5.73 Å². The number of hydrogen-bond acceptors (Lipinski definition) is 4. The molecule has 2 heterocycles. The van der Waals surface area contributed by atoms with Gasteiger partial charge in [-0.05, 0) is 30.5 Å². The SMILES string of the molecule is COc1ccc(CCC(N)c2cnn3ccncc23)cc1. The van der Waals surface area contributed by atoms with Crippen LogP contribution in [0, 0.1) is 0 Å². The van der Waals surface area contributed by atoms with Crippen molar-refractivity contribution in [2.75, 3.05) is 7.11 Å². The van der Waals surface area contributed by atoms with E-state index in [9.17, 15) is 0 Å². The molecule has 0 aliphatic rings. The molecule has 108 valence electrons. The highest BCUT2D eigenvalue weighted by Gasteiger charge is 2.12. The van der Waals surface area contributed by atoms with Crippen molar-refractivity contribution in [3.05, 3.63) is 60.2 Å². The summed E-state index contributed by atoms with van der Waals surface area (Å²) in [6.07, 6.45) is 8.96. The van der Waals surface area contributed by atoms with E-state index < -0.39 is 0 Å². The number of fused-ring (bicyclic) bond motifs is 1. The third kappa shape index (κ3) is 2.87. The van der Waals surface area contributed by atoms with Crippen LogP contribution in [0.4, 0.5) is 0 Å². The first kappa shape index (κ1) is 13.6. The molecule has 5 heteroatoms. The molecule has 1 aromatic carbocycles. The number of aryl methyl sites for hydroxylation is 1. The van der Waals surface area contributed by atoms with E-state index in [2.05, 4.69) is 22.2 Å². The molecule has 0 fully saturated rings. The van der Waals surface area contributed by atoms with Gasteiger partial charge in [0.05, 0.1) is 25.0 Å². The molecule has 1 unspecified atom stereocenters. The summed E-state index contributed by atoms with van der Waals surface area (Å²) in [4.78, 5) is 4.14. The van der Waals surface area contributed by atoms with Crippen LogP contribution in [-0.4, -0.2) is 21.7 Å². The summed E-state index contributed by atoms with van der Waals surface area (Å²) in [6.45, 7) is 0. The number of nitrogens with zero attached hydrogens (tertiary/aromatic N) is 3. The minimum Gasteiger partial charge on any atom is -0.497 e. The molecule has 2 N–H and O–H groups in total. The van der Waals surface area contributed by atoms with Gasteiger partial charge >= 0.3 is 0 Å². The molecular formula is C16H18N4O. The first-order valence-corrected chi connectivity index (χ1v) is 6.93. The molecule has 2 aromatic heterocycles. The average Bonchev–Trinajstić information content (AvgIpc) is 2.97. The van der Waals surface area contributed by atoms with Gasteiger partial charge in [0.15, 0.2) is 0 Å². The van der Waals surface area contributed by atoms with Crippen LogP contribution in [0.15, 0.2) is 49.1 Å². The van der Waals surface area contributed by atoms with Gasteiger partial charge in [0.25, 0.3) is 0 Å². The molecule has 0 bridgehead atoms. The van der Waals surface area contributed by atoms with Gasteiger partial charge < -0.3 is 10.5 Å². The molecule has 1 atom stereocenters. The number of ether oxygens (including phenoxy) is 1. The Morgan fingerprint density at radius 3 is 2.81 bits per heavy atom. The molecule has 0 radical (unpaired) electrons. The van der Waals surface area contributed by atoms with Gasteiger partial charge in [0, 0.05) is 24.0 Å². The van der Waals surface area contributed by atoms with E-state index in [1.807, 2.05) is 24.5 Å². The summed E-state index contributed by atoms with van der Waals surface area (Å²) in [6, 6.07) is 8.04. The predicted molar refractivity (Wildman–Crippen MR) is 81.2 cm³/mol. The fraction of sp³-hybridized carbons (Fsp3) is 0.250. The number of aromatic nitrogens is 3. The van der Waals surface area contributed by atoms with Gasteiger partial charge in [-0.25, -0.2) is 4.52 Å². The monoisotopic (exact) mass is 282 g/mol. The summed E-state index contributed by atoms with van der Waals surface area (Å²) in [5.41, 5.74) is 9.56. The Bertz CT molecular complexity index is 720. The second-order valence-electron chi connectivity index (χ2n) is 5.00. The van der Waals surface area contributed by atoms with E-state index in [1.54, 1.807) is 24.0 Å². The highest BCUT2D eigenvalue weighted by Crippen LogP contribution is 2.21. The van der Waals surface area contributed by atoms with Gasteiger partial charge in [-0.3, -0.25) is 4.98 Å². The van der Waals surface area contributed by atoms with Gasteiger partial charge in [0.1, 0.15) is 5.75 Å². The lowest BCUT2D eigenvalue weighted by atomic mass is 10.0. The van der Waals surface area contributed by atoms with E-state index >= 15 is 0 Å². The zero-order chi connectivity index (χ0) is 14.7. The van der Waals surface area contributed by atoms with Crippen molar-refractivity contribution < 1.29 is 4.74 Å². The summed E-state index contributed by atoms with van der Waals surface area (Å²) < 4.78 is 6.96. The maximum atomic E-state index is 6.30. The number of benzene rings is 1. The van der Waals surface area contributed by atoms with E-state index in [4.69, 9.17) is 10.5 Å². The Hall–Kier alpha value is -2.40. The second-order valence-corrected chi connectivity index (χ2v) is 5.00. The maximum Gasteiger partial charge on any atom is 0.118 e. The topological polar surface area (TPSA) is 65.4 Å². The number of nitrogens with two attached hydrogens (primary N) is 1. The molecular weight excluding hydrogens is 264 g/mol. The Morgan fingerprint density at radius 1 is 1.24 bits per heavy atom. The smallest absolute Gasteiger partial charge is 0.118 e. The largest absolute Gasteiger partial charge is 0.497 e. The highest BCUT2D eigenvalue weighted by atomic mass is 16.5. The summed E-state index contributed by atoms with van der Waals surface area (Å²) in [5.74, 6) is 0.872. The fourth-order valence-corrected chi connectivity index (χ4v) is 2.41. The van der Waals surface area contributed by atoms with Gasteiger partial charge in [-0.1, -0.05) is 12.1 Å². The molecule has 21 heavy (non-hydrogen) atoms. The molecule has 0 aliphatic carbocycles. The third-order valence-electron chi connectivity index (χ3n) is 3.66. The van der Waals surface area contributed by atoms with Crippen LogP contribution in [0.5, 0.6) is 5.75 Å². The van der Waals surface area contributed by atoms with Crippen LogP contribution >= 0.6 is 0 Å². The van der Waals surface area contributed by atoms with Crippen molar-refractivity contribution in [2.45, 2.75) is 18.9 Å². The molecule has 5 nitrogen and oxygen atoms in total. The minimum absolute atomic E-state index is 0.0474. The van der Waals surface area contributed by atoms with Gasteiger partial charge in [-0.2, -0.15) is 5.10 Å². The van der Waals surface area contributed by atoms with E-state index in [0.717, 1.165) is 29.7 Å². The first-order valence-electron chi connectivity index (χ1n) is 6.93. The molecule has 0 aliphatic heterocycles. The van der Waals surface area contributed by atoms with E-state index in [0.29, 0.717) is 0 Å². The Morgan fingerprint density at radius 2 is 2.05 bits per heavy atom. The Balaban J connectivity index is 1.69. The molecule has 3 aromatic rings. The van der Waals surface area contributed by atoms with E-state index in [-0.39, 0.29) is 6.04 Å². The molecule has 0 saturated carbocycles. The highest BCUT2D eigenvalue weighted by molar-refractivity contribution is 5.53. The van der Waals surface area contributed by atoms with Crippen LogP contribution in [0.3, 0.4) is 0 Å². The Labute approximate surface area is 123 Å². The van der Waals surface area contributed by atoms with Crippen molar-refractivity contribution >= 4 is 5.52 Å². The molecule has 0 saturated heterocycles. The summed E-state index contributed by atoms with van der Waals surface area (Å²) in [5, 5.41) is 4.30. The van der Waals surface area contributed by atoms with E-state index in [1.165, 1.54) is 5.56 Å². The third-order valence-corrected chi connectivity index (χ3v) is 3.66. The van der Waals surface area contributed by atoms with Crippen LogP contribution < -0.4 is 10.5 Å². The standard InChI is InChI=1S/C16H18N4O/c1-21-13-5-2-12(3-6-13)4-7-15(17)14-10-19-20-9-8-18-11-16(14)20/h2-3,5-6,8-11,15H,4,7,17H2,1H3. The van der Waals surface area contributed by atoms with Crippen molar-refractivity contribution in [3.63, 3.8) is 0 Å². The number of rotatable bonds is 5.